The number of nitrogens with two attached hydrogens (primary N) is 1. The van der Waals surface area contributed by atoms with Crippen LogP contribution in [0.25, 0.3) is 0 Å². The van der Waals surface area contributed by atoms with Gasteiger partial charge < -0.3 is 15.7 Å². The fourth-order valence-corrected chi connectivity index (χ4v) is 1.61. The van der Waals surface area contributed by atoms with Crippen LogP contribution in [-0.4, -0.2) is 41.1 Å². The number of amides is 1. The average Bonchev–Trinajstić information content (AvgIpc) is 2.42. The molecule has 0 aliphatic carbocycles. The number of rotatable bonds is 7. The zero-order chi connectivity index (χ0) is 13.4. The lowest BCUT2D eigenvalue weighted by molar-refractivity contribution is 0.0786. The molecular formula is C13H21N3O2. The van der Waals surface area contributed by atoms with Gasteiger partial charge in [-0.2, -0.15) is 0 Å². The lowest BCUT2D eigenvalue weighted by Gasteiger charge is -2.16. The highest BCUT2D eigenvalue weighted by molar-refractivity contribution is 5.92. The van der Waals surface area contributed by atoms with Crippen LogP contribution in [0.4, 0.5) is 0 Å². The molecule has 1 rings (SSSR count). The van der Waals surface area contributed by atoms with Crippen LogP contribution >= 0.6 is 0 Å². The molecule has 100 valence electrons. The van der Waals surface area contributed by atoms with Gasteiger partial charge in [-0.15, -0.1) is 0 Å². The van der Waals surface area contributed by atoms with E-state index in [0.29, 0.717) is 18.8 Å². The van der Waals surface area contributed by atoms with Gasteiger partial charge in [-0.25, -0.2) is 0 Å². The first-order valence-corrected chi connectivity index (χ1v) is 6.20. The van der Waals surface area contributed by atoms with Gasteiger partial charge in [0, 0.05) is 32.9 Å². The molecule has 1 aromatic heterocycles. The van der Waals surface area contributed by atoms with Crippen molar-refractivity contribution in [1.29, 1.82) is 0 Å². The first kappa shape index (κ1) is 14.6. The number of carbonyl (C=O) groups excluding carboxylic acids is 1. The monoisotopic (exact) mass is 251 g/mol. The molecule has 1 aromatic rings. The second kappa shape index (κ2) is 7.79. The number of unbranched alkanes of at least 4 members (excludes halogenated alkanes) is 2. The van der Waals surface area contributed by atoms with E-state index >= 15 is 0 Å². The molecule has 0 unspecified atom stereocenters. The Morgan fingerprint density at radius 1 is 1.39 bits per heavy atom. The van der Waals surface area contributed by atoms with Crippen LogP contribution < -0.4 is 5.73 Å². The van der Waals surface area contributed by atoms with E-state index in [1.165, 1.54) is 0 Å². The summed E-state index contributed by atoms with van der Waals surface area (Å²) in [7, 11) is 1.76. The summed E-state index contributed by atoms with van der Waals surface area (Å²) in [5.74, 6) is -0.0810. The molecule has 3 N–H and O–H groups in total. The van der Waals surface area contributed by atoms with E-state index in [4.69, 9.17) is 10.8 Å². The molecule has 1 heterocycles. The number of aliphatic hydroxyl groups excluding tert-OH is 1. The van der Waals surface area contributed by atoms with Crippen molar-refractivity contribution in [2.45, 2.75) is 25.8 Å². The van der Waals surface area contributed by atoms with Gasteiger partial charge in [-0.05, 0) is 30.9 Å². The fraction of sp³-hybridized carbons (Fsp3) is 0.538. The smallest absolute Gasteiger partial charge is 0.272 e. The van der Waals surface area contributed by atoms with Gasteiger partial charge in [0.15, 0.2) is 0 Å². The molecule has 0 saturated heterocycles. The van der Waals surface area contributed by atoms with E-state index in [-0.39, 0.29) is 12.5 Å². The molecule has 0 aromatic carbocycles. The van der Waals surface area contributed by atoms with Crippen LogP contribution in [0.15, 0.2) is 18.3 Å². The van der Waals surface area contributed by atoms with Crippen LogP contribution in [0, 0.1) is 0 Å². The number of aromatic nitrogens is 1. The summed E-state index contributed by atoms with van der Waals surface area (Å²) >= 11 is 0. The first-order valence-electron chi connectivity index (χ1n) is 6.20. The van der Waals surface area contributed by atoms with Crippen molar-refractivity contribution in [2.75, 3.05) is 20.2 Å². The molecule has 0 bridgehead atoms. The van der Waals surface area contributed by atoms with E-state index in [2.05, 4.69) is 4.98 Å². The maximum absolute atomic E-state index is 12.0. The van der Waals surface area contributed by atoms with Crippen molar-refractivity contribution >= 4 is 5.91 Å². The van der Waals surface area contributed by atoms with Gasteiger partial charge in [-0.1, -0.05) is 6.07 Å². The third-order valence-corrected chi connectivity index (χ3v) is 2.78. The Morgan fingerprint density at radius 2 is 2.17 bits per heavy atom. The second-order valence-electron chi connectivity index (χ2n) is 4.27. The van der Waals surface area contributed by atoms with Gasteiger partial charge in [0.1, 0.15) is 5.69 Å². The Hall–Kier alpha value is -1.46. The van der Waals surface area contributed by atoms with Crippen LogP contribution in [0.1, 0.15) is 35.3 Å². The molecule has 1 amide bonds. The number of carbonyl (C=O) groups is 1. The minimum absolute atomic E-state index is 0.0810. The Balaban J connectivity index is 2.46. The SMILES string of the molecule is CN(CCCCCO)C(=O)c1ccc(CN)cn1. The van der Waals surface area contributed by atoms with Crippen molar-refractivity contribution in [3.63, 3.8) is 0 Å². The summed E-state index contributed by atoms with van der Waals surface area (Å²) in [6.45, 7) is 1.32. The number of pyridine rings is 1. The summed E-state index contributed by atoms with van der Waals surface area (Å²) in [6.07, 6.45) is 4.23. The number of hydrogen-bond acceptors (Lipinski definition) is 4. The summed E-state index contributed by atoms with van der Waals surface area (Å²) in [5, 5.41) is 8.67. The van der Waals surface area contributed by atoms with Crippen LogP contribution in [0.3, 0.4) is 0 Å². The molecule has 0 radical (unpaired) electrons. The van der Waals surface area contributed by atoms with Gasteiger partial charge in [-0.3, -0.25) is 9.78 Å². The molecule has 5 nitrogen and oxygen atoms in total. The van der Waals surface area contributed by atoms with E-state index in [9.17, 15) is 4.79 Å². The highest BCUT2D eigenvalue weighted by Crippen LogP contribution is 2.04. The van der Waals surface area contributed by atoms with Crippen molar-refractivity contribution in [3.05, 3.63) is 29.6 Å². The lowest BCUT2D eigenvalue weighted by Crippen LogP contribution is -2.28. The van der Waals surface area contributed by atoms with E-state index in [1.807, 2.05) is 6.07 Å². The third-order valence-electron chi connectivity index (χ3n) is 2.78. The largest absolute Gasteiger partial charge is 0.396 e. The molecule has 0 aliphatic rings. The zero-order valence-electron chi connectivity index (χ0n) is 10.8. The molecule has 0 saturated carbocycles. The van der Waals surface area contributed by atoms with E-state index in [1.54, 1.807) is 24.2 Å². The van der Waals surface area contributed by atoms with Crippen LogP contribution in [0.2, 0.25) is 0 Å². The molecular weight excluding hydrogens is 230 g/mol. The van der Waals surface area contributed by atoms with Crippen molar-refractivity contribution in [1.82, 2.24) is 9.88 Å². The average molecular weight is 251 g/mol. The minimum Gasteiger partial charge on any atom is -0.396 e. The Bertz CT molecular complexity index is 365. The van der Waals surface area contributed by atoms with Crippen molar-refractivity contribution in [2.24, 2.45) is 5.73 Å². The molecule has 0 fully saturated rings. The standard InChI is InChI=1S/C13H21N3O2/c1-16(7-3-2-4-8-17)13(18)12-6-5-11(9-14)10-15-12/h5-6,10,17H,2-4,7-9,14H2,1H3. The normalized spacial score (nSPS) is 10.4. The van der Waals surface area contributed by atoms with Gasteiger partial charge >= 0.3 is 0 Å². The predicted molar refractivity (Wildman–Crippen MR) is 70.0 cm³/mol. The van der Waals surface area contributed by atoms with E-state index < -0.39 is 0 Å². The first-order chi connectivity index (χ1) is 8.69. The van der Waals surface area contributed by atoms with Crippen molar-refractivity contribution in [3.8, 4) is 0 Å². The van der Waals surface area contributed by atoms with Gasteiger partial charge in [0.05, 0.1) is 0 Å². The number of aliphatic hydroxyl groups is 1. The summed E-state index contributed by atoms with van der Waals surface area (Å²) in [4.78, 5) is 17.7. The summed E-state index contributed by atoms with van der Waals surface area (Å²) in [5.41, 5.74) is 6.83. The predicted octanol–water partition coefficient (Wildman–Crippen LogP) is 0.775. The molecule has 0 aliphatic heterocycles. The topological polar surface area (TPSA) is 79.5 Å². The van der Waals surface area contributed by atoms with Gasteiger partial charge in [0.2, 0.25) is 0 Å². The summed E-state index contributed by atoms with van der Waals surface area (Å²) in [6, 6.07) is 3.52. The molecule has 0 spiro atoms. The molecule has 18 heavy (non-hydrogen) atoms. The maximum Gasteiger partial charge on any atom is 0.272 e. The highest BCUT2D eigenvalue weighted by Gasteiger charge is 2.12. The summed E-state index contributed by atoms with van der Waals surface area (Å²) < 4.78 is 0. The molecule has 5 heteroatoms. The van der Waals surface area contributed by atoms with E-state index in [0.717, 1.165) is 24.8 Å². The fourth-order valence-electron chi connectivity index (χ4n) is 1.61. The number of nitrogens with zero attached hydrogens (tertiary/aromatic N) is 2. The second-order valence-corrected chi connectivity index (χ2v) is 4.27. The van der Waals surface area contributed by atoms with Crippen LogP contribution in [0.5, 0.6) is 0 Å². The minimum atomic E-state index is -0.0810. The third kappa shape index (κ3) is 4.43. The maximum atomic E-state index is 12.0. The Kier molecular flexibility index (Phi) is 6.32. The molecule has 0 atom stereocenters. The van der Waals surface area contributed by atoms with Crippen LogP contribution in [-0.2, 0) is 6.54 Å². The zero-order valence-corrected chi connectivity index (χ0v) is 10.8. The Morgan fingerprint density at radius 3 is 2.72 bits per heavy atom. The lowest BCUT2D eigenvalue weighted by atomic mass is 10.2. The van der Waals surface area contributed by atoms with Crippen molar-refractivity contribution < 1.29 is 9.90 Å². The van der Waals surface area contributed by atoms with Gasteiger partial charge in [0.25, 0.3) is 5.91 Å². The highest BCUT2D eigenvalue weighted by atomic mass is 16.2. The Labute approximate surface area is 108 Å². The number of hydrogen-bond donors (Lipinski definition) is 2. The quantitative estimate of drug-likeness (QED) is 0.702.